The van der Waals surface area contributed by atoms with Gasteiger partial charge in [-0.2, -0.15) is 0 Å². The lowest BCUT2D eigenvalue weighted by Crippen LogP contribution is -2.44. The molecule has 0 spiro atoms. The maximum absolute atomic E-state index is 10.3. The largest absolute Gasteiger partial charge is 0.390 e. The van der Waals surface area contributed by atoms with Crippen molar-refractivity contribution < 1.29 is 9.84 Å². The molecule has 2 nitrogen and oxygen atoms in total. The molecule has 16 heavy (non-hydrogen) atoms. The Morgan fingerprint density at radius 2 is 1.75 bits per heavy atom. The zero-order chi connectivity index (χ0) is 12.0. The molecule has 0 heterocycles. The van der Waals surface area contributed by atoms with Crippen molar-refractivity contribution in [1.82, 2.24) is 0 Å². The molecule has 90 valence electrons. The first kappa shape index (κ1) is 13.2. The van der Waals surface area contributed by atoms with Crippen molar-refractivity contribution in [2.24, 2.45) is 0 Å². The second kappa shape index (κ2) is 6.02. The molecule has 1 N–H and O–H groups in total. The predicted octanol–water partition coefficient (Wildman–Crippen LogP) is 2.80. The molecule has 1 rings (SSSR count). The van der Waals surface area contributed by atoms with Crippen molar-refractivity contribution in [3.63, 3.8) is 0 Å². The first-order chi connectivity index (χ1) is 7.68. The summed E-state index contributed by atoms with van der Waals surface area (Å²) >= 11 is 0. The molecule has 0 amide bonds. The van der Waals surface area contributed by atoms with Gasteiger partial charge in [-0.1, -0.05) is 44.2 Å². The van der Waals surface area contributed by atoms with Gasteiger partial charge in [-0.3, -0.25) is 0 Å². The second-order valence-corrected chi connectivity index (χ2v) is 4.18. The fraction of sp³-hybridized carbons (Fsp3) is 0.571. The highest BCUT2D eigenvalue weighted by atomic mass is 16.5. The van der Waals surface area contributed by atoms with Crippen molar-refractivity contribution in [2.45, 2.75) is 44.8 Å². The minimum absolute atomic E-state index is 0.407. The Hall–Kier alpha value is -0.860. The van der Waals surface area contributed by atoms with Crippen LogP contribution < -0.4 is 0 Å². The molecule has 1 atom stereocenters. The molecule has 0 aliphatic heterocycles. The zero-order valence-electron chi connectivity index (χ0n) is 10.4. The quantitative estimate of drug-likeness (QED) is 0.802. The average molecular weight is 222 g/mol. The highest BCUT2D eigenvalue weighted by molar-refractivity contribution is 5.16. The fourth-order valence-electron chi connectivity index (χ4n) is 2.17. The summed E-state index contributed by atoms with van der Waals surface area (Å²) in [5.74, 6) is 0. The van der Waals surface area contributed by atoms with Crippen LogP contribution in [0, 0.1) is 0 Å². The predicted molar refractivity (Wildman–Crippen MR) is 66.5 cm³/mol. The van der Waals surface area contributed by atoms with Gasteiger partial charge in [-0.25, -0.2) is 0 Å². The van der Waals surface area contributed by atoms with Crippen LogP contribution >= 0.6 is 0 Å². The number of benzene rings is 1. The van der Waals surface area contributed by atoms with Crippen molar-refractivity contribution in [2.75, 3.05) is 7.11 Å². The number of methoxy groups -OCH3 is 1. The molecule has 0 aliphatic carbocycles. The van der Waals surface area contributed by atoms with E-state index >= 15 is 0 Å². The van der Waals surface area contributed by atoms with E-state index in [-0.39, 0.29) is 0 Å². The highest BCUT2D eigenvalue weighted by Crippen LogP contribution is 2.26. The van der Waals surface area contributed by atoms with Crippen LogP contribution in [0.15, 0.2) is 30.3 Å². The molecular weight excluding hydrogens is 200 g/mol. The Kier molecular flexibility index (Phi) is 4.97. The summed E-state index contributed by atoms with van der Waals surface area (Å²) in [6, 6.07) is 10.0. The molecule has 2 heteroatoms. The van der Waals surface area contributed by atoms with E-state index in [4.69, 9.17) is 4.74 Å². The number of hydrogen-bond acceptors (Lipinski definition) is 2. The third kappa shape index (κ3) is 2.83. The molecular formula is C14H22O2. The van der Waals surface area contributed by atoms with Gasteiger partial charge in [0.25, 0.3) is 0 Å². The maximum Gasteiger partial charge on any atom is 0.0934 e. The van der Waals surface area contributed by atoms with Gasteiger partial charge in [-0.05, 0) is 18.4 Å². The van der Waals surface area contributed by atoms with E-state index < -0.39 is 11.7 Å². The summed E-state index contributed by atoms with van der Waals surface area (Å²) in [5.41, 5.74) is 0.744. The Morgan fingerprint density at radius 3 is 2.19 bits per heavy atom. The molecule has 0 radical (unpaired) electrons. The van der Waals surface area contributed by atoms with Gasteiger partial charge in [0.15, 0.2) is 0 Å². The van der Waals surface area contributed by atoms with Crippen LogP contribution in [0.1, 0.15) is 32.3 Å². The van der Waals surface area contributed by atoms with Crippen LogP contribution in [-0.4, -0.2) is 23.9 Å². The Bertz CT molecular complexity index is 283. The first-order valence-corrected chi connectivity index (χ1v) is 5.95. The molecule has 0 aromatic heterocycles. The average Bonchev–Trinajstić information content (AvgIpc) is 2.33. The molecule has 1 unspecified atom stereocenters. The van der Waals surface area contributed by atoms with Crippen LogP contribution in [0.4, 0.5) is 0 Å². The van der Waals surface area contributed by atoms with Crippen molar-refractivity contribution in [1.29, 1.82) is 0 Å². The lowest BCUT2D eigenvalue weighted by Gasteiger charge is -2.35. The molecule has 0 bridgehead atoms. The molecule has 0 fully saturated rings. The summed E-state index contributed by atoms with van der Waals surface area (Å²) in [7, 11) is 1.68. The molecule has 0 saturated heterocycles. The first-order valence-electron chi connectivity index (χ1n) is 5.95. The summed E-state index contributed by atoms with van der Waals surface area (Å²) in [5, 5.41) is 10.3. The van der Waals surface area contributed by atoms with Crippen LogP contribution in [0.25, 0.3) is 0 Å². The summed E-state index contributed by atoms with van der Waals surface area (Å²) < 4.78 is 5.52. The highest BCUT2D eigenvalue weighted by Gasteiger charge is 2.34. The van der Waals surface area contributed by atoms with Gasteiger partial charge in [0.2, 0.25) is 0 Å². The number of aliphatic hydroxyl groups excluding tert-OH is 1. The van der Waals surface area contributed by atoms with Gasteiger partial charge < -0.3 is 9.84 Å². The topological polar surface area (TPSA) is 29.5 Å². The Labute approximate surface area is 98.3 Å². The van der Waals surface area contributed by atoms with E-state index in [0.29, 0.717) is 6.42 Å². The monoisotopic (exact) mass is 222 g/mol. The lowest BCUT2D eigenvalue weighted by molar-refractivity contribution is -0.106. The normalized spacial score (nSPS) is 13.8. The standard InChI is InChI=1S/C14H22O2/c1-4-14(5-2,16-3)13(15)11-12-9-7-6-8-10-12/h6-10,13,15H,4-5,11H2,1-3H3. The summed E-state index contributed by atoms with van der Waals surface area (Å²) in [6.45, 7) is 4.11. The van der Waals surface area contributed by atoms with Crippen molar-refractivity contribution in [3.05, 3.63) is 35.9 Å². The van der Waals surface area contributed by atoms with Crippen LogP contribution in [0.5, 0.6) is 0 Å². The van der Waals surface area contributed by atoms with E-state index in [2.05, 4.69) is 13.8 Å². The smallest absolute Gasteiger partial charge is 0.0934 e. The minimum Gasteiger partial charge on any atom is -0.390 e. The summed E-state index contributed by atoms with van der Waals surface area (Å²) in [4.78, 5) is 0. The third-order valence-electron chi connectivity index (χ3n) is 3.48. The lowest BCUT2D eigenvalue weighted by atomic mass is 9.86. The van der Waals surface area contributed by atoms with E-state index in [1.54, 1.807) is 7.11 Å². The van der Waals surface area contributed by atoms with E-state index in [1.807, 2.05) is 30.3 Å². The van der Waals surface area contributed by atoms with Gasteiger partial charge >= 0.3 is 0 Å². The van der Waals surface area contributed by atoms with Crippen molar-refractivity contribution >= 4 is 0 Å². The van der Waals surface area contributed by atoms with Gasteiger partial charge in [0.1, 0.15) is 0 Å². The van der Waals surface area contributed by atoms with Gasteiger partial charge in [0.05, 0.1) is 11.7 Å². The molecule has 1 aromatic carbocycles. The van der Waals surface area contributed by atoms with Crippen LogP contribution in [0.3, 0.4) is 0 Å². The number of rotatable bonds is 6. The fourth-order valence-corrected chi connectivity index (χ4v) is 2.17. The van der Waals surface area contributed by atoms with Crippen LogP contribution in [-0.2, 0) is 11.2 Å². The summed E-state index contributed by atoms with van der Waals surface area (Å²) in [6.07, 6.45) is 1.85. The van der Waals surface area contributed by atoms with Gasteiger partial charge in [-0.15, -0.1) is 0 Å². The van der Waals surface area contributed by atoms with Crippen LogP contribution in [0.2, 0.25) is 0 Å². The Morgan fingerprint density at radius 1 is 1.19 bits per heavy atom. The number of hydrogen-bond donors (Lipinski definition) is 1. The van der Waals surface area contributed by atoms with E-state index in [0.717, 1.165) is 18.4 Å². The Balaban J connectivity index is 2.73. The SMILES string of the molecule is CCC(CC)(OC)C(O)Cc1ccccc1. The van der Waals surface area contributed by atoms with E-state index in [1.165, 1.54) is 0 Å². The van der Waals surface area contributed by atoms with E-state index in [9.17, 15) is 5.11 Å². The zero-order valence-corrected chi connectivity index (χ0v) is 10.4. The van der Waals surface area contributed by atoms with Gasteiger partial charge in [0, 0.05) is 13.5 Å². The molecule has 1 aromatic rings. The minimum atomic E-state index is -0.449. The number of ether oxygens (including phenoxy) is 1. The third-order valence-corrected chi connectivity index (χ3v) is 3.48. The maximum atomic E-state index is 10.3. The number of aliphatic hydroxyl groups is 1. The molecule has 0 saturated carbocycles. The van der Waals surface area contributed by atoms with Crippen molar-refractivity contribution in [3.8, 4) is 0 Å². The molecule has 0 aliphatic rings. The second-order valence-electron chi connectivity index (χ2n) is 4.18.